The zero-order valence-corrected chi connectivity index (χ0v) is 11.5. The van der Waals surface area contributed by atoms with Crippen LogP contribution < -0.4 is 5.73 Å². The fraction of sp³-hybridized carbons (Fsp3) is 0.818. The summed E-state index contributed by atoms with van der Waals surface area (Å²) in [5, 5.41) is 8.39. The molecule has 0 aliphatic heterocycles. The van der Waals surface area contributed by atoms with E-state index in [1.165, 1.54) is 0 Å². The Labute approximate surface area is 107 Å². The summed E-state index contributed by atoms with van der Waals surface area (Å²) in [7, 11) is 3.29. The molecule has 0 bridgehead atoms. The van der Waals surface area contributed by atoms with Gasteiger partial charge in [0.15, 0.2) is 0 Å². The highest BCUT2D eigenvalue weighted by molar-refractivity contribution is 5.81. The number of rotatable bonds is 7. The van der Waals surface area contributed by atoms with Crippen molar-refractivity contribution in [2.75, 3.05) is 34.0 Å². The lowest BCUT2D eigenvalue weighted by atomic mass is 10.2. The monoisotopic (exact) mass is 267 g/mol. The maximum absolute atomic E-state index is 12.4. The number of carbonyl (C=O) groups excluding carboxylic acids is 1. The molecule has 0 saturated heterocycles. The molecule has 0 aliphatic carbocycles. The number of carbonyl (C=O) groups is 2. The number of hydrogen-bond donors (Lipinski definition) is 2. The Balaban J connectivity index is 0. The average Bonchev–Trinajstić information content (AvgIpc) is 2.30. The van der Waals surface area contributed by atoms with Crippen LogP contribution in [0.1, 0.15) is 20.3 Å². The maximum atomic E-state index is 12.4. The molecule has 1 unspecified atom stereocenters. The van der Waals surface area contributed by atoms with E-state index in [9.17, 15) is 14.0 Å². The summed E-state index contributed by atoms with van der Waals surface area (Å²) in [6, 6.07) is -1.17. The van der Waals surface area contributed by atoms with Crippen molar-refractivity contribution >= 4 is 11.9 Å². The van der Waals surface area contributed by atoms with Gasteiger partial charge in [0.1, 0.15) is 19.2 Å². The fourth-order valence-corrected chi connectivity index (χ4v) is 0.832. The smallest absolute Gasteiger partial charge is 0.323 e. The summed E-state index contributed by atoms with van der Waals surface area (Å²) in [6.45, 7) is 3.75. The van der Waals surface area contributed by atoms with Crippen LogP contribution in [0.15, 0.2) is 0 Å². The van der Waals surface area contributed by atoms with E-state index >= 15 is 0 Å². The SMILES string of the molecule is CC.C[N+](C)(CF)CCOC(=O)C(N)CC(=O)O. The minimum Gasteiger partial charge on any atom is -0.481 e. The molecule has 1 atom stereocenters. The van der Waals surface area contributed by atoms with Gasteiger partial charge in [-0.1, -0.05) is 13.8 Å². The Morgan fingerprint density at radius 3 is 2.28 bits per heavy atom. The normalized spacial score (nSPS) is 12.1. The first-order valence-corrected chi connectivity index (χ1v) is 5.80. The van der Waals surface area contributed by atoms with Crippen LogP contribution in [0.2, 0.25) is 0 Å². The third-order valence-corrected chi connectivity index (χ3v) is 1.96. The number of hydrogen-bond acceptors (Lipinski definition) is 4. The molecule has 6 nitrogen and oxygen atoms in total. The molecule has 0 fully saturated rings. The fourth-order valence-electron chi connectivity index (χ4n) is 0.832. The summed E-state index contributed by atoms with van der Waals surface area (Å²) >= 11 is 0. The van der Waals surface area contributed by atoms with Crippen molar-refractivity contribution in [1.82, 2.24) is 0 Å². The number of nitrogens with two attached hydrogens (primary N) is 1. The van der Waals surface area contributed by atoms with Gasteiger partial charge >= 0.3 is 11.9 Å². The highest BCUT2D eigenvalue weighted by atomic mass is 19.1. The van der Waals surface area contributed by atoms with Gasteiger partial charge in [-0.15, -0.1) is 0 Å². The molecule has 0 aromatic carbocycles. The van der Waals surface area contributed by atoms with E-state index in [1.54, 1.807) is 14.1 Å². The third-order valence-electron chi connectivity index (χ3n) is 1.96. The van der Waals surface area contributed by atoms with E-state index in [-0.39, 0.29) is 11.1 Å². The number of alkyl halides is 1. The molecule has 0 aliphatic rings. The lowest BCUT2D eigenvalue weighted by Gasteiger charge is -2.25. The van der Waals surface area contributed by atoms with Crippen LogP contribution in [0.3, 0.4) is 0 Å². The number of nitrogens with zero attached hydrogens (tertiary/aromatic N) is 1. The molecule has 0 radical (unpaired) electrons. The Hall–Kier alpha value is -1.21. The van der Waals surface area contributed by atoms with Crippen LogP contribution in [0.25, 0.3) is 0 Å². The number of carboxylic acid groups (broad SMARTS) is 1. The van der Waals surface area contributed by atoms with Crippen molar-refractivity contribution < 1.29 is 28.3 Å². The molecule has 0 spiro atoms. The third kappa shape index (κ3) is 9.98. The number of aliphatic carboxylic acids is 1. The molecule has 18 heavy (non-hydrogen) atoms. The first-order chi connectivity index (χ1) is 8.28. The van der Waals surface area contributed by atoms with Gasteiger partial charge in [-0.3, -0.25) is 14.1 Å². The summed E-state index contributed by atoms with van der Waals surface area (Å²) < 4.78 is 17.2. The molecule has 0 rings (SSSR count). The van der Waals surface area contributed by atoms with E-state index in [0.717, 1.165) is 0 Å². The Kier molecular flexibility index (Phi) is 10.4. The Bertz CT molecular complexity index is 259. The summed E-state index contributed by atoms with van der Waals surface area (Å²) in [4.78, 5) is 21.4. The van der Waals surface area contributed by atoms with Gasteiger partial charge in [0.2, 0.25) is 6.80 Å². The van der Waals surface area contributed by atoms with Crippen molar-refractivity contribution in [3.8, 4) is 0 Å². The molecule has 7 heteroatoms. The van der Waals surface area contributed by atoms with E-state index in [2.05, 4.69) is 0 Å². The van der Waals surface area contributed by atoms with Crippen molar-refractivity contribution in [2.24, 2.45) is 5.73 Å². The number of carboxylic acids is 1. The highest BCUT2D eigenvalue weighted by Crippen LogP contribution is 1.98. The van der Waals surface area contributed by atoms with Gasteiger partial charge in [-0.2, -0.15) is 4.39 Å². The lowest BCUT2D eigenvalue weighted by molar-refractivity contribution is -0.902. The van der Waals surface area contributed by atoms with E-state index in [1.807, 2.05) is 13.8 Å². The topological polar surface area (TPSA) is 89.6 Å². The summed E-state index contributed by atoms with van der Waals surface area (Å²) in [5.41, 5.74) is 5.27. The minimum absolute atomic E-state index is 0.0169. The number of esters is 1. The lowest BCUT2D eigenvalue weighted by Crippen LogP contribution is -2.43. The minimum atomic E-state index is -1.17. The van der Waals surface area contributed by atoms with Gasteiger partial charge < -0.3 is 15.6 Å². The maximum Gasteiger partial charge on any atom is 0.323 e. The first-order valence-electron chi connectivity index (χ1n) is 5.80. The second-order valence-electron chi connectivity index (χ2n) is 4.15. The standard InChI is InChI=1S/C9H17FN2O4.C2H6/c1-12(2,6-10)3-4-16-9(15)7(11)5-8(13)14;1-2/h7H,3-6,11H2,1-2H3;1-2H3/p+1. The molecular weight excluding hydrogens is 243 g/mol. The summed E-state index contributed by atoms with van der Waals surface area (Å²) in [5.74, 6) is -1.94. The molecule has 3 N–H and O–H groups in total. The predicted octanol–water partition coefficient (Wildman–Crippen LogP) is 0.361. The second-order valence-corrected chi connectivity index (χ2v) is 4.15. The number of likely N-dealkylation sites (N-methyl/N-ethyl adjacent to an activating group) is 1. The van der Waals surface area contributed by atoms with Crippen molar-refractivity contribution in [2.45, 2.75) is 26.3 Å². The first kappa shape index (κ1) is 19.1. The van der Waals surface area contributed by atoms with Crippen LogP contribution in [0.5, 0.6) is 0 Å². The van der Waals surface area contributed by atoms with Gasteiger partial charge in [0.05, 0.1) is 20.5 Å². The largest absolute Gasteiger partial charge is 0.481 e. The van der Waals surface area contributed by atoms with Gasteiger partial charge in [-0.05, 0) is 0 Å². The van der Waals surface area contributed by atoms with Crippen LogP contribution in [0, 0.1) is 0 Å². The Morgan fingerprint density at radius 1 is 1.39 bits per heavy atom. The second kappa shape index (κ2) is 9.78. The van der Waals surface area contributed by atoms with Crippen molar-refractivity contribution in [3.63, 3.8) is 0 Å². The molecular formula is C11H24FN2O4+. The molecule has 0 aromatic rings. The molecule has 0 saturated carbocycles. The van der Waals surface area contributed by atoms with E-state index < -0.39 is 31.2 Å². The van der Waals surface area contributed by atoms with Gasteiger partial charge in [0, 0.05) is 0 Å². The van der Waals surface area contributed by atoms with Crippen molar-refractivity contribution in [1.29, 1.82) is 0 Å². The van der Waals surface area contributed by atoms with Gasteiger partial charge in [0.25, 0.3) is 0 Å². The summed E-state index contributed by atoms with van der Waals surface area (Å²) in [6.07, 6.45) is -0.472. The number of quaternary nitrogens is 1. The van der Waals surface area contributed by atoms with E-state index in [4.69, 9.17) is 15.6 Å². The molecule has 0 amide bonds. The van der Waals surface area contributed by atoms with Crippen LogP contribution in [-0.2, 0) is 14.3 Å². The average molecular weight is 267 g/mol. The van der Waals surface area contributed by atoms with Gasteiger partial charge in [-0.25, -0.2) is 0 Å². The zero-order chi connectivity index (χ0) is 14.8. The van der Waals surface area contributed by atoms with Crippen LogP contribution in [-0.4, -0.2) is 61.6 Å². The molecule has 108 valence electrons. The quantitative estimate of drug-likeness (QED) is 0.395. The highest BCUT2D eigenvalue weighted by Gasteiger charge is 2.20. The van der Waals surface area contributed by atoms with E-state index in [0.29, 0.717) is 6.54 Å². The van der Waals surface area contributed by atoms with Crippen molar-refractivity contribution in [3.05, 3.63) is 0 Å². The number of halogens is 1. The van der Waals surface area contributed by atoms with Crippen LogP contribution >= 0.6 is 0 Å². The number of ether oxygens (including phenoxy) is 1. The predicted molar refractivity (Wildman–Crippen MR) is 65.5 cm³/mol. The zero-order valence-electron chi connectivity index (χ0n) is 11.5. The molecule has 0 aromatic heterocycles. The molecule has 0 heterocycles. The Morgan fingerprint density at radius 2 is 1.89 bits per heavy atom. The van der Waals surface area contributed by atoms with Crippen LogP contribution in [0.4, 0.5) is 4.39 Å².